The van der Waals surface area contributed by atoms with Crippen LogP contribution in [0.25, 0.3) is 72.8 Å². The molecule has 0 bridgehead atoms. The molecule has 61 heavy (non-hydrogen) atoms. The molecule has 1 aliphatic carbocycles. The highest BCUT2D eigenvalue weighted by Gasteiger charge is 2.50. The molecule has 2 aliphatic rings. The molecule has 0 saturated carbocycles. The van der Waals surface area contributed by atoms with Gasteiger partial charge in [0.05, 0.1) is 39.3 Å². The molecule has 1 aliphatic heterocycles. The van der Waals surface area contributed by atoms with Crippen LogP contribution < -0.4 is 0 Å². The summed E-state index contributed by atoms with van der Waals surface area (Å²) >= 11 is 1.82. The minimum absolute atomic E-state index is 0.319. The molecule has 10 aromatic rings. The highest BCUT2D eigenvalue weighted by atomic mass is 32.2. The zero-order chi connectivity index (χ0) is 40.7. The summed E-state index contributed by atoms with van der Waals surface area (Å²) in [5, 5.41) is 24.1. The van der Waals surface area contributed by atoms with Crippen molar-refractivity contribution in [3.05, 3.63) is 215 Å². The Morgan fingerprint density at radius 1 is 0.426 bits per heavy atom. The van der Waals surface area contributed by atoms with Crippen LogP contribution in [0.5, 0.6) is 0 Å². The van der Waals surface area contributed by atoms with Crippen LogP contribution in [0.15, 0.2) is 192 Å². The summed E-state index contributed by atoms with van der Waals surface area (Å²) in [7, 11) is 0. The Hall–Kier alpha value is -8.10. The topological polar surface area (TPSA) is 91.2 Å². The molecule has 282 valence electrons. The SMILES string of the molecule is N#Cc1cc(-n2c3ccccc3c3cc4c(cc32)C2(c3ccccc3Sc3ccccc32)c2ccccc2-4)c(C#N)cc1-c1nc(-c2ccccc2)nc(-c2ccccc2)n1. The van der Waals surface area contributed by atoms with Crippen molar-refractivity contribution in [2.45, 2.75) is 15.2 Å². The van der Waals surface area contributed by atoms with Gasteiger partial charge in [0.1, 0.15) is 6.07 Å². The van der Waals surface area contributed by atoms with E-state index in [1.54, 1.807) is 6.07 Å². The van der Waals surface area contributed by atoms with Gasteiger partial charge in [-0.2, -0.15) is 10.5 Å². The summed E-state index contributed by atoms with van der Waals surface area (Å²) in [6, 6.07) is 67.4. The number of rotatable bonds is 4. The van der Waals surface area contributed by atoms with Gasteiger partial charge < -0.3 is 4.57 Å². The van der Waals surface area contributed by atoms with Crippen molar-refractivity contribution in [2.75, 3.05) is 0 Å². The number of para-hydroxylation sites is 1. The van der Waals surface area contributed by atoms with E-state index in [9.17, 15) is 10.5 Å². The van der Waals surface area contributed by atoms with Crippen molar-refractivity contribution < 1.29 is 0 Å². The number of fused-ring (bicyclic) bond motifs is 12. The molecule has 0 fully saturated rings. The van der Waals surface area contributed by atoms with E-state index in [1.807, 2.05) is 84.6 Å². The number of nitriles is 2. The third-order valence-electron chi connectivity index (χ3n) is 12.2. The minimum atomic E-state index is -0.578. The standard InChI is InChI=1S/C54H30N6S/c55-31-35-28-47(36(32-56)27-39(35)53-58-51(33-15-3-1-4-16-33)57-52(59-53)34-17-5-2-6-18-34)60-46-24-12-8-20-38(46)41-29-40-37-19-7-9-21-42(37)54(45(40)30-48(41)60)43-22-10-13-25-49(43)61-50-26-14-11-23-44(50)54/h1-30H. The molecule has 1 spiro atoms. The molecular weight excluding hydrogens is 765 g/mol. The van der Waals surface area contributed by atoms with E-state index in [4.69, 9.17) is 15.0 Å². The predicted octanol–water partition coefficient (Wildman–Crippen LogP) is 12.5. The average molecular weight is 795 g/mol. The van der Waals surface area contributed by atoms with Crippen molar-refractivity contribution in [2.24, 2.45) is 0 Å². The zero-order valence-electron chi connectivity index (χ0n) is 32.4. The van der Waals surface area contributed by atoms with Gasteiger partial charge in [0.25, 0.3) is 0 Å². The second-order valence-electron chi connectivity index (χ2n) is 15.3. The molecule has 0 radical (unpaired) electrons. The number of nitrogens with zero attached hydrogens (tertiary/aromatic N) is 6. The van der Waals surface area contributed by atoms with E-state index in [2.05, 4.69) is 120 Å². The van der Waals surface area contributed by atoms with Crippen molar-refractivity contribution >= 4 is 33.6 Å². The minimum Gasteiger partial charge on any atom is -0.308 e. The van der Waals surface area contributed by atoms with Crippen molar-refractivity contribution in [3.8, 4) is 63.1 Å². The van der Waals surface area contributed by atoms with Crippen molar-refractivity contribution in [1.29, 1.82) is 10.5 Å². The van der Waals surface area contributed by atoms with E-state index in [0.717, 1.165) is 32.9 Å². The molecule has 8 aromatic carbocycles. The Morgan fingerprint density at radius 3 is 1.64 bits per heavy atom. The number of hydrogen-bond acceptors (Lipinski definition) is 6. The summed E-state index contributed by atoms with van der Waals surface area (Å²) in [6.07, 6.45) is 0. The van der Waals surface area contributed by atoms with Gasteiger partial charge in [-0.3, -0.25) is 0 Å². The van der Waals surface area contributed by atoms with Crippen molar-refractivity contribution in [1.82, 2.24) is 19.5 Å². The molecule has 0 atom stereocenters. The van der Waals surface area contributed by atoms with E-state index in [0.29, 0.717) is 39.9 Å². The maximum absolute atomic E-state index is 11.1. The average Bonchev–Trinajstić information content (AvgIpc) is 3.80. The lowest BCUT2D eigenvalue weighted by Gasteiger charge is -2.39. The molecule has 3 heterocycles. The summed E-state index contributed by atoms with van der Waals surface area (Å²) < 4.78 is 2.17. The van der Waals surface area contributed by atoms with Gasteiger partial charge in [-0.1, -0.05) is 151 Å². The molecule has 6 nitrogen and oxygen atoms in total. The second kappa shape index (κ2) is 13.5. The summed E-state index contributed by atoms with van der Waals surface area (Å²) in [4.78, 5) is 17.2. The molecule has 2 aromatic heterocycles. The summed E-state index contributed by atoms with van der Waals surface area (Å²) in [5.74, 6) is 1.28. The fraction of sp³-hybridized carbons (Fsp3) is 0.0185. The Morgan fingerprint density at radius 2 is 0.984 bits per heavy atom. The van der Waals surface area contributed by atoms with Gasteiger partial charge in [-0.15, -0.1) is 0 Å². The molecule has 7 heteroatoms. The van der Waals surface area contributed by atoms with Gasteiger partial charge in [0, 0.05) is 37.3 Å². The van der Waals surface area contributed by atoms with Crippen LogP contribution >= 0.6 is 11.8 Å². The molecular formula is C54H30N6S. The smallest absolute Gasteiger partial charge is 0.165 e. The first kappa shape index (κ1) is 34.9. The quantitative estimate of drug-likeness (QED) is 0.176. The highest BCUT2D eigenvalue weighted by molar-refractivity contribution is 7.99. The lowest BCUT2D eigenvalue weighted by molar-refractivity contribution is 0.723. The normalized spacial score (nSPS) is 13.0. The first-order valence-electron chi connectivity index (χ1n) is 20.1. The van der Waals surface area contributed by atoms with Gasteiger partial charge in [-0.05, 0) is 75.8 Å². The molecule has 0 N–H and O–H groups in total. The third-order valence-corrected chi connectivity index (χ3v) is 13.3. The Balaban J connectivity index is 1.14. The predicted molar refractivity (Wildman–Crippen MR) is 241 cm³/mol. The van der Waals surface area contributed by atoms with E-state index in [1.165, 1.54) is 43.2 Å². The lowest BCUT2D eigenvalue weighted by Crippen LogP contribution is -2.31. The van der Waals surface area contributed by atoms with Gasteiger partial charge in [-0.25, -0.2) is 15.0 Å². The lowest BCUT2D eigenvalue weighted by atomic mass is 9.67. The van der Waals surface area contributed by atoms with Gasteiger partial charge in [0.2, 0.25) is 0 Å². The maximum Gasteiger partial charge on any atom is 0.165 e. The third kappa shape index (κ3) is 5.05. The van der Waals surface area contributed by atoms with Crippen LogP contribution in [0.1, 0.15) is 33.4 Å². The fourth-order valence-electron chi connectivity index (χ4n) is 9.64. The van der Waals surface area contributed by atoms with E-state index >= 15 is 0 Å². The van der Waals surface area contributed by atoms with Crippen LogP contribution in [0, 0.1) is 22.7 Å². The first-order valence-corrected chi connectivity index (χ1v) is 20.9. The van der Waals surface area contributed by atoms with Crippen LogP contribution in [-0.4, -0.2) is 19.5 Å². The van der Waals surface area contributed by atoms with E-state index in [-0.39, 0.29) is 0 Å². The van der Waals surface area contributed by atoms with Crippen LogP contribution in [0.4, 0.5) is 0 Å². The highest BCUT2D eigenvalue weighted by Crippen LogP contribution is 2.62. The second-order valence-corrected chi connectivity index (χ2v) is 16.4. The Kier molecular flexibility index (Phi) is 7.71. The first-order chi connectivity index (χ1) is 30.1. The Bertz CT molecular complexity index is 3440. The molecule has 0 amide bonds. The monoisotopic (exact) mass is 794 g/mol. The maximum atomic E-state index is 11.1. The van der Waals surface area contributed by atoms with Crippen LogP contribution in [-0.2, 0) is 5.41 Å². The zero-order valence-corrected chi connectivity index (χ0v) is 33.2. The van der Waals surface area contributed by atoms with Gasteiger partial charge >= 0.3 is 0 Å². The molecule has 0 unspecified atom stereocenters. The van der Waals surface area contributed by atoms with Crippen molar-refractivity contribution in [3.63, 3.8) is 0 Å². The van der Waals surface area contributed by atoms with Gasteiger partial charge in [0.15, 0.2) is 17.5 Å². The Labute approximate surface area is 355 Å². The van der Waals surface area contributed by atoms with Crippen LogP contribution in [0.2, 0.25) is 0 Å². The van der Waals surface area contributed by atoms with Crippen LogP contribution in [0.3, 0.4) is 0 Å². The molecule has 0 saturated heterocycles. The molecule has 12 rings (SSSR count). The number of benzene rings is 8. The largest absolute Gasteiger partial charge is 0.308 e. The van der Waals surface area contributed by atoms with E-state index < -0.39 is 5.41 Å². The summed E-state index contributed by atoms with van der Waals surface area (Å²) in [6.45, 7) is 0. The fourth-order valence-corrected chi connectivity index (χ4v) is 10.8. The number of aromatic nitrogens is 4. The number of hydrogen-bond donors (Lipinski definition) is 0. The summed E-state index contributed by atoms with van der Waals surface area (Å²) in [5.41, 5.74) is 12.1.